The first-order chi connectivity index (χ1) is 21.5. The van der Waals surface area contributed by atoms with Gasteiger partial charge in [0.2, 0.25) is 5.91 Å². The third kappa shape index (κ3) is 32.3. The molecule has 0 saturated carbocycles. The molecule has 0 bridgehead atoms. The number of amides is 1. The molecule has 1 unspecified atom stereocenters. The van der Waals surface area contributed by atoms with Gasteiger partial charge in [-0.1, -0.05) is 121 Å². The Labute approximate surface area is 269 Å². The molecule has 6 heteroatoms. The largest absolute Gasteiger partial charge is 0.480 e. The SMILES string of the molecule is CC/C=C\C/C=C\C/C=C\CCCCCCCCCC(=O)OC(/C=C\CCCCCC)CCCCCCC(=O)NCC(=O)O. The zero-order valence-corrected chi connectivity index (χ0v) is 28.2. The molecule has 6 nitrogen and oxygen atoms in total. The van der Waals surface area contributed by atoms with E-state index in [2.05, 4.69) is 67.8 Å². The summed E-state index contributed by atoms with van der Waals surface area (Å²) >= 11 is 0. The normalized spacial score (nSPS) is 12.6. The van der Waals surface area contributed by atoms with Crippen molar-refractivity contribution in [2.45, 2.75) is 168 Å². The van der Waals surface area contributed by atoms with E-state index in [-0.39, 0.29) is 24.5 Å². The minimum Gasteiger partial charge on any atom is -0.480 e. The highest BCUT2D eigenvalue weighted by molar-refractivity contribution is 5.80. The average Bonchev–Trinajstić information content (AvgIpc) is 3.00. The van der Waals surface area contributed by atoms with Crippen LogP contribution in [0.2, 0.25) is 0 Å². The molecule has 0 fully saturated rings. The molecule has 0 aromatic rings. The molecule has 252 valence electrons. The van der Waals surface area contributed by atoms with Gasteiger partial charge in [0.15, 0.2) is 0 Å². The molecule has 0 rings (SSSR count). The minimum absolute atomic E-state index is 0.0974. The number of ether oxygens (including phenoxy) is 1. The van der Waals surface area contributed by atoms with Gasteiger partial charge in [-0.2, -0.15) is 0 Å². The number of hydrogen-bond acceptors (Lipinski definition) is 4. The highest BCUT2D eigenvalue weighted by atomic mass is 16.5. The zero-order chi connectivity index (χ0) is 32.4. The number of carboxylic acids is 1. The van der Waals surface area contributed by atoms with Gasteiger partial charge in [-0.25, -0.2) is 0 Å². The van der Waals surface area contributed by atoms with Gasteiger partial charge in [0.1, 0.15) is 12.6 Å². The molecular weight excluding hydrogens is 550 g/mol. The number of allylic oxidation sites excluding steroid dienone is 7. The molecule has 0 spiro atoms. The number of unbranched alkanes of at least 4 members (excludes halogenated alkanes) is 14. The molecule has 0 aliphatic heterocycles. The Morgan fingerprint density at radius 1 is 0.636 bits per heavy atom. The van der Waals surface area contributed by atoms with E-state index in [4.69, 9.17) is 9.84 Å². The van der Waals surface area contributed by atoms with E-state index >= 15 is 0 Å². The second-order valence-electron chi connectivity index (χ2n) is 11.7. The van der Waals surface area contributed by atoms with Crippen LogP contribution in [0.3, 0.4) is 0 Å². The van der Waals surface area contributed by atoms with Crippen molar-refractivity contribution in [2.24, 2.45) is 0 Å². The van der Waals surface area contributed by atoms with Crippen molar-refractivity contribution >= 4 is 17.8 Å². The van der Waals surface area contributed by atoms with Gasteiger partial charge in [0.05, 0.1) is 0 Å². The molecule has 0 aliphatic carbocycles. The summed E-state index contributed by atoms with van der Waals surface area (Å²) in [6, 6.07) is 0. The first-order valence-corrected chi connectivity index (χ1v) is 17.8. The Morgan fingerprint density at radius 3 is 1.84 bits per heavy atom. The first kappa shape index (κ1) is 41.4. The molecule has 0 aliphatic rings. The zero-order valence-electron chi connectivity index (χ0n) is 28.2. The predicted molar refractivity (Wildman–Crippen MR) is 185 cm³/mol. The molecule has 0 aromatic heterocycles. The fourth-order valence-electron chi connectivity index (χ4n) is 4.85. The van der Waals surface area contributed by atoms with Crippen molar-refractivity contribution in [2.75, 3.05) is 6.54 Å². The van der Waals surface area contributed by atoms with Crippen molar-refractivity contribution in [1.82, 2.24) is 5.32 Å². The second kappa shape index (κ2) is 33.3. The van der Waals surface area contributed by atoms with Gasteiger partial charge >= 0.3 is 11.9 Å². The summed E-state index contributed by atoms with van der Waals surface area (Å²) < 4.78 is 5.85. The number of nitrogens with one attached hydrogen (secondary N) is 1. The van der Waals surface area contributed by atoms with Gasteiger partial charge in [-0.15, -0.1) is 0 Å². The molecule has 0 saturated heterocycles. The van der Waals surface area contributed by atoms with Crippen molar-refractivity contribution in [3.63, 3.8) is 0 Å². The molecule has 0 heterocycles. The maximum atomic E-state index is 12.6. The molecule has 1 amide bonds. The van der Waals surface area contributed by atoms with Crippen LogP contribution in [0.1, 0.15) is 162 Å². The van der Waals surface area contributed by atoms with Gasteiger partial charge in [-0.05, 0) is 76.7 Å². The summed E-state index contributed by atoms with van der Waals surface area (Å²) in [5, 5.41) is 11.0. The predicted octanol–water partition coefficient (Wildman–Crippen LogP) is 10.3. The first-order valence-electron chi connectivity index (χ1n) is 17.8. The smallest absolute Gasteiger partial charge is 0.322 e. The van der Waals surface area contributed by atoms with Crippen LogP contribution in [-0.2, 0) is 19.1 Å². The van der Waals surface area contributed by atoms with Crippen LogP contribution in [0.5, 0.6) is 0 Å². The van der Waals surface area contributed by atoms with Gasteiger partial charge in [0, 0.05) is 12.8 Å². The number of aliphatic carboxylic acids is 1. The Morgan fingerprint density at radius 2 is 1.18 bits per heavy atom. The van der Waals surface area contributed by atoms with E-state index in [9.17, 15) is 14.4 Å². The van der Waals surface area contributed by atoms with Crippen molar-refractivity contribution < 1.29 is 24.2 Å². The Kier molecular flexibility index (Phi) is 31.3. The quantitative estimate of drug-likeness (QED) is 0.0460. The van der Waals surface area contributed by atoms with Crippen molar-refractivity contribution in [3.05, 3.63) is 48.6 Å². The number of esters is 1. The van der Waals surface area contributed by atoms with E-state index in [0.717, 1.165) is 77.0 Å². The molecular formula is C38H65NO5. The lowest BCUT2D eigenvalue weighted by Crippen LogP contribution is -2.28. The Bertz CT molecular complexity index is 814. The maximum Gasteiger partial charge on any atom is 0.322 e. The summed E-state index contributed by atoms with van der Waals surface area (Å²) in [5.41, 5.74) is 0. The molecule has 0 radical (unpaired) electrons. The van der Waals surface area contributed by atoms with Crippen LogP contribution < -0.4 is 5.32 Å². The van der Waals surface area contributed by atoms with Crippen molar-refractivity contribution in [1.29, 1.82) is 0 Å². The number of carbonyl (C=O) groups is 3. The third-order valence-electron chi connectivity index (χ3n) is 7.47. The summed E-state index contributed by atoms with van der Waals surface area (Å²) in [6.45, 7) is 4.04. The fourth-order valence-corrected chi connectivity index (χ4v) is 4.85. The molecule has 0 aromatic carbocycles. The molecule has 2 N–H and O–H groups in total. The van der Waals surface area contributed by atoms with Crippen LogP contribution in [0.15, 0.2) is 48.6 Å². The summed E-state index contributed by atoms with van der Waals surface area (Å²) in [6.07, 6.45) is 41.0. The second-order valence-corrected chi connectivity index (χ2v) is 11.7. The molecule has 44 heavy (non-hydrogen) atoms. The van der Waals surface area contributed by atoms with E-state index in [1.54, 1.807) is 0 Å². The summed E-state index contributed by atoms with van der Waals surface area (Å²) in [7, 11) is 0. The number of hydrogen-bond donors (Lipinski definition) is 2. The highest BCUT2D eigenvalue weighted by Gasteiger charge is 2.12. The standard InChI is InChI=1S/C38H65NO5/c1-3-5-7-9-11-12-13-14-15-16-17-18-19-20-21-23-29-33-38(43)44-35(30-26-22-10-8-6-4-2)31-27-24-25-28-32-36(40)39-34-37(41)42/h5,7,11-12,14-15,26,30,35H,3-4,6,8-10,13,16-25,27-29,31-34H2,1-2H3,(H,39,40)(H,41,42)/b7-5-,12-11-,15-14-,30-26-. The van der Waals surface area contributed by atoms with Gasteiger partial charge in [-0.3, -0.25) is 14.4 Å². The van der Waals surface area contributed by atoms with Crippen LogP contribution in [0.4, 0.5) is 0 Å². The summed E-state index contributed by atoms with van der Waals surface area (Å²) in [4.78, 5) is 34.7. The van der Waals surface area contributed by atoms with Crippen molar-refractivity contribution in [3.8, 4) is 0 Å². The van der Waals surface area contributed by atoms with E-state index < -0.39 is 5.97 Å². The number of carbonyl (C=O) groups excluding carboxylic acids is 2. The number of carboxylic acid groups (broad SMARTS) is 1. The van der Waals surface area contributed by atoms with Gasteiger partial charge in [0.25, 0.3) is 0 Å². The fraction of sp³-hybridized carbons (Fsp3) is 0.711. The topological polar surface area (TPSA) is 92.7 Å². The average molecular weight is 616 g/mol. The van der Waals surface area contributed by atoms with E-state index in [1.807, 2.05) is 0 Å². The van der Waals surface area contributed by atoms with Gasteiger partial charge < -0.3 is 15.2 Å². The van der Waals surface area contributed by atoms with Crippen LogP contribution in [0.25, 0.3) is 0 Å². The maximum absolute atomic E-state index is 12.6. The third-order valence-corrected chi connectivity index (χ3v) is 7.47. The van der Waals surface area contributed by atoms with Crippen LogP contribution in [-0.4, -0.2) is 35.6 Å². The monoisotopic (exact) mass is 615 g/mol. The lowest BCUT2D eigenvalue weighted by atomic mass is 10.1. The lowest BCUT2D eigenvalue weighted by Gasteiger charge is -2.15. The van der Waals surface area contributed by atoms with E-state index in [1.165, 1.54) is 57.8 Å². The Hall–Kier alpha value is -2.63. The molecule has 1 atom stereocenters. The Balaban J connectivity index is 4.06. The minimum atomic E-state index is -1.03. The van der Waals surface area contributed by atoms with E-state index in [0.29, 0.717) is 12.8 Å². The van der Waals surface area contributed by atoms with Crippen LogP contribution >= 0.6 is 0 Å². The lowest BCUT2D eigenvalue weighted by molar-refractivity contribution is -0.147. The highest BCUT2D eigenvalue weighted by Crippen LogP contribution is 2.15. The number of rotatable bonds is 31. The summed E-state index contributed by atoms with van der Waals surface area (Å²) in [5.74, 6) is -1.35. The van der Waals surface area contributed by atoms with Crippen LogP contribution in [0, 0.1) is 0 Å².